The van der Waals surface area contributed by atoms with Crippen molar-refractivity contribution in [2.45, 2.75) is 86.6 Å². The van der Waals surface area contributed by atoms with E-state index >= 15 is 0 Å². The van der Waals surface area contributed by atoms with Crippen LogP contribution < -0.4 is 10.2 Å². The van der Waals surface area contributed by atoms with E-state index in [-0.39, 0.29) is 16.9 Å². The van der Waals surface area contributed by atoms with Crippen molar-refractivity contribution >= 4 is 17.3 Å². The van der Waals surface area contributed by atoms with E-state index < -0.39 is 0 Å². The number of fused-ring (bicyclic) bond motifs is 1. The molecule has 0 radical (unpaired) electrons. The van der Waals surface area contributed by atoms with E-state index in [0.29, 0.717) is 0 Å². The van der Waals surface area contributed by atoms with Crippen molar-refractivity contribution in [2.75, 3.05) is 10.2 Å². The van der Waals surface area contributed by atoms with Gasteiger partial charge in [-0.25, -0.2) is 9.97 Å². The summed E-state index contributed by atoms with van der Waals surface area (Å²) in [5, 5.41) is 3.80. The minimum absolute atomic E-state index is 0.0989. The van der Waals surface area contributed by atoms with Gasteiger partial charge in [-0.2, -0.15) is 0 Å². The standard InChI is InChI=1S/C29H40N4/c1-8-29(9-2)19-21(4)33(25-13-11-10-12-20(25)3)27-26(30-16-17-31-27)32-24-15-14-22(18-23(24)29)28(5,6)7/h10-13,16-18,21H,8-9,14-15,19H2,1-7H3,(H,30,32). The van der Waals surface area contributed by atoms with Crippen LogP contribution in [0.15, 0.2) is 59.6 Å². The Labute approximate surface area is 200 Å². The van der Waals surface area contributed by atoms with Crippen molar-refractivity contribution < 1.29 is 0 Å². The average molecular weight is 445 g/mol. The fourth-order valence-electron chi connectivity index (χ4n) is 5.74. The smallest absolute Gasteiger partial charge is 0.176 e. The van der Waals surface area contributed by atoms with Crippen molar-refractivity contribution in [3.05, 3.63) is 65.1 Å². The quantitative estimate of drug-likeness (QED) is 0.521. The maximum atomic E-state index is 4.87. The molecule has 4 heteroatoms. The molecule has 0 amide bonds. The first-order valence-corrected chi connectivity index (χ1v) is 12.6. The summed E-state index contributed by atoms with van der Waals surface area (Å²) in [6.45, 7) is 16.3. The number of hydrogen-bond donors (Lipinski definition) is 1. The van der Waals surface area contributed by atoms with Crippen LogP contribution in [0.5, 0.6) is 0 Å². The number of rotatable bonds is 3. The lowest BCUT2D eigenvalue weighted by atomic mass is 9.66. The van der Waals surface area contributed by atoms with E-state index in [4.69, 9.17) is 9.97 Å². The van der Waals surface area contributed by atoms with Crippen molar-refractivity contribution in [1.29, 1.82) is 0 Å². The molecular weight excluding hydrogens is 404 g/mol. The maximum Gasteiger partial charge on any atom is 0.176 e. The first-order valence-electron chi connectivity index (χ1n) is 12.6. The zero-order valence-corrected chi connectivity index (χ0v) is 21.5. The zero-order chi connectivity index (χ0) is 23.8. The predicted octanol–water partition coefficient (Wildman–Crippen LogP) is 7.95. The number of benzene rings is 1. The van der Waals surface area contributed by atoms with Crippen LogP contribution in [0, 0.1) is 17.8 Å². The molecule has 1 aromatic carbocycles. The van der Waals surface area contributed by atoms with Gasteiger partial charge in [-0.15, -0.1) is 0 Å². The Morgan fingerprint density at radius 2 is 1.76 bits per heavy atom. The molecule has 0 fully saturated rings. The van der Waals surface area contributed by atoms with Crippen LogP contribution in [0.1, 0.15) is 79.2 Å². The van der Waals surface area contributed by atoms with E-state index in [2.05, 4.69) is 89.0 Å². The van der Waals surface area contributed by atoms with E-state index in [1.165, 1.54) is 22.5 Å². The molecule has 2 aliphatic rings. The number of nitrogens with one attached hydrogen (secondary N) is 1. The minimum Gasteiger partial charge on any atom is -0.340 e. The van der Waals surface area contributed by atoms with E-state index in [1.807, 2.05) is 6.20 Å². The number of nitrogens with zero attached hydrogens (tertiary/aromatic N) is 3. The van der Waals surface area contributed by atoms with Crippen LogP contribution in [-0.4, -0.2) is 16.0 Å². The Morgan fingerprint density at radius 1 is 1.06 bits per heavy atom. The largest absolute Gasteiger partial charge is 0.340 e. The highest BCUT2D eigenvalue weighted by Crippen LogP contribution is 2.50. The molecule has 0 spiro atoms. The fourth-order valence-corrected chi connectivity index (χ4v) is 5.74. The highest BCUT2D eigenvalue weighted by Gasteiger charge is 2.40. The summed E-state index contributed by atoms with van der Waals surface area (Å²) in [6.07, 6.45) is 11.6. The van der Waals surface area contributed by atoms with Crippen molar-refractivity contribution in [1.82, 2.24) is 9.97 Å². The number of para-hydroxylation sites is 1. The maximum absolute atomic E-state index is 4.87. The molecule has 0 saturated carbocycles. The van der Waals surface area contributed by atoms with E-state index in [0.717, 1.165) is 43.7 Å². The lowest BCUT2D eigenvalue weighted by Gasteiger charge is -2.42. The van der Waals surface area contributed by atoms with Gasteiger partial charge < -0.3 is 10.2 Å². The third-order valence-electron chi connectivity index (χ3n) is 7.85. The van der Waals surface area contributed by atoms with Gasteiger partial charge in [-0.3, -0.25) is 0 Å². The van der Waals surface area contributed by atoms with Crippen LogP contribution in [0.3, 0.4) is 0 Å². The molecule has 176 valence electrons. The SMILES string of the molecule is CCC1(CC)CC(C)N(c2ccccc2C)c2nccnc2NC2=C1C=C(C(C)(C)C)CC2. The molecule has 1 atom stereocenters. The second kappa shape index (κ2) is 8.96. The van der Waals surface area contributed by atoms with Gasteiger partial charge in [0.1, 0.15) is 0 Å². The Morgan fingerprint density at radius 3 is 2.42 bits per heavy atom. The number of aromatic nitrogens is 2. The van der Waals surface area contributed by atoms with Gasteiger partial charge in [0.25, 0.3) is 0 Å². The highest BCUT2D eigenvalue weighted by atomic mass is 15.3. The fraction of sp³-hybridized carbons (Fsp3) is 0.517. The molecule has 1 aromatic heterocycles. The molecule has 1 aliphatic carbocycles. The molecule has 2 aromatic rings. The molecule has 0 bridgehead atoms. The number of allylic oxidation sites excluding steroid dienone is 4. The first-order chi connectivity index (χ1) is 15.7. The Balaban J connectivity index is 1.95. The molecule has 1 aliphatic heterocycles. The second-order valence-corrected chi connectivity index (χ2v) is 10.9. The summed E-state index contributed by atoms with van der Waals surface area (Å²) in [5.74, 6) is 1.77. The van der Waals surface area contributed by atoms with Crippen molar-refractivity contribution in [3.8, 4) is 0 Å². The monoisotopic (exact) mass is 444 g/mol. The van der Waals surface area contributed by atoms with Gasteiger partial charge in [-0.1, -0.05) is 64.5 Å². The third-order valence-corrected chi connectivity index (χ3v) is 7.85. The number of aryl methyl sites for hydroxylation is 1. The summed E-state index contributed by atoms with van der Waals surface area (Å²) in [6, 6.07) is 8.90. The van der Waals surface area contributed by atoms with E-state index in [9.17, 15) is 0 Å². The normalized spacial score (nSPS) is 20.6. The number of hydrogen-bond acceptors (Lipinski definition) is 4. The van der Waals surface area contributed by atoms with Crippen LogP contribution in [0.25, 0.3) is 0 Å². The molecular formula is C29H40N4. The van der Waals surface area contributed by atoms with Crippen molar-refractivity contribution in [3.63, 3.8) is 0 Å². The predicted molar refractivity (Wildman–Crippen MR) is 140 cm³/mol. The minimum atomic E-state index is 0.0989. The second-order valence-electron chi connectivity index (χ2n) is 10.9. The lowest BCUT2D eigenvalue weighted by Crippen LogP contribution is -2.36. The molecule has 4 nitrogen and oxygen atoms in total. The Kier molecular flexibility index (Phi) is 6.39. The molecule has 2 heterocycles. The van der Waals surface area contributed by atoms with Gasteiger partial charge in [0.05, 0.1) is 0 Å². The van der Waals surface area contributed by atoms with Gasteiger partial charge in [0, 0.05) is 29.8 Å². The van der Waals surface area contributed by atoms with Crippen molar-refractivity contribution in [2.24, 2.45) is 10.8 Å². The van der Waals surface area contributed by atoms with Crippen LogP contribution in [0.2, 0.25) is 0 Å². The summed E-state index contributed by atoms with van der Waals surface area (Å²) < 4.78 is 0. The molecule has 0 saturated heterocycles. The average Bonchev–Trinajstić information content (AvgIpc) is 2.83. The van der Waals surface area contributed by atoms with Crippen LogP contribution >= 0.6 is 0 Å². The Hall–Kier alpha value is -2.62. The summed E-state index contributed by atoms with van der Waals surface area (Å²) >= 11 is 0. The zero-order valence-electron chi connectivity index (χ0n) is 21.5. The number of anilines is 3. The van der Waals surface area contributed by atoms with Crippen LogP contribution in [0.4, 0.5) is 17.3 Å². The van der Waals surface area contributed by atoms with E-state index in [1.54, 1.807) is 11.8 Å². The lowest BCUT2D eigenvalue weighted by molar-refractivity contribution is 0.282. The van der Waals surface area contributed by atoms with Gasteiger partial charge in [0.15, 0.2) is 11.6 Å². The molecule has 33 heavy (non-hydrogen) atoms. The third kappa shape index (κ3) is 4.32. The van der Waals surface area contributed by atoms with Gasteiger partial charge in [-0.05, 0) is 74.0 Å². The van der Waals surface area contributed by atoms with Gasteiger partial charge in [0.2, 0.25) is 0 Å². The highest BCUT2D eigenvalue weighted by molar-refractivity contribution is 5.74. The summed E-state index contributed by atoms with van der Waals surface area (Å²) in [4.78, 5) is 12.1. The molecule has 1 unspecified atom stereocenters. The molecule has 4 rings (SSSR count). The topological polar surface area (TPSA) is 41.1 Å². The Bertz CT molecular complexity index is 1070. The summed E-state index contributed by atoms with van der Waals surface area (Å²) in [5.41, 5.74) is 7.11. The molecule has 1 N–H and O–H groups in total. The van der Waals surface area contributed by atoms with Gasteiger partial charge >= 0.3 is 0 Å². The first kappa shape index (κ1) is 23.5. The van der Waals surface area contributed by atoms with Crippen LogP contribution in [-0.2, 0) is 0 Å². The summed E-state index contributed by atoms with van der Waals surface area (Å²) in [7, 11) is 0.